The van der Waals surface area contributed by atoms with E-state index in [0.29, 0.717) is 5.88 Å². The monoisotopic (exact) mass is 249 g/mol. The lowest BCUT2D eigenvalue weighted by atomic mass is 10.1. The van der Waals surface area contributed by atoms with E-state index in [1.54, 1.807) is 6.33 Å². The zero-order valence-corrected chi connectivity index (χ0v) is 10.5. The van der Waals surface area contributed by atoms with Gasteiger partial charge in [-0.25, -0.2) is 9.67 Å². The molecule has 0 saturated carbocycles. The average molecular weight is 250 g/mol. The van der Waals surface area contributed by atoms with Gasteiger partial charge in [-0.15, -0.1) is 11.6 Å². The number of aryl methyl sites for hydroxylation is 2. The first-order valence-electron chi connectivity index (χ1n) is 5.86. The van der Waals surface area contributed by atoms with E-state index < -0.39 is 0 Å². The Morgan fingerprint density at radius 1 is 1.12 bits per heavy atom. The van der Waals surface area contributed by atoms with Gasteiger partial charge in [0.15, 0.2) is 0 Å². The van der Waals surface area contributed by atoms with Gasteiger partial charge in [-0.2, -0.15) is 5.10 Å². The Morgan fingerprint density at radius 3 is 2.71 bits per heavy atom. The molecule has 1 aromatic carbocycles. The normalized spacial score (nSPS) is 10.6. The van der Waals surface area contributed by atoms with E-state index in [0.717, 1.165) is 31.6 Å². The van der Waals surface area contributed by atoms with E-state index in [-0.39, 0.29) is 0 Å². The molecule has 0 radical (unpaired) electrons. The van der Waals surface area contributed by atoms with Crippen molar-refractivity contribution in [3.63, 3.8) is 0 Å². The molecule has 0 spiro atoms. The number of halogens is 1. The van der Waals surface area contributed by atoms with Gasteiger partial charge in [0.05, 0.1) is 5.88 Å². The molecular weight excluding hydrogens is 234 g/mol. The smallest absolute Gasteiger partial charge is 0.141 e. The molecule has 2 aromatic rings. The molecule has 4 heteroatoms. The first kappa shape index (κ1) is 12.1. The maximum atomic E-state index is 5.76. The number of hydrogen-bond acceptors (Lipinski definition) is 2. The summed E-state index contributed by atoms with van der Waals surface area (Å²) in [6.45, 7) is 0.898. The van der Waals surface area contributed by atoms with Crippen molar-refractivity contribution < 1.29 is 0 Å². The second-order valence-electron chi connectivity index (χ2n) is 3.98. The number of unbranched alkanes of at least 4 members (excludes halogenated alkanes) is 1. The molecule has 17 heavy (non-hydrogen) atoms. The van der Waals surface area contributed by atoms with Gasteiger partial charge < -0.3 is 0 Å². The van der Waals surface area contributed by atoms with Crippen molar-refractivity contribution in [1.82, 2.24) is 14.8 Å². The molecule has 0 amide bonds. The molecule has 0 saturated heterocycles. The van der Waals surface area contributed by atoms with Crippen LogP contribution >= 0.6 is 11.6 Å². The fraction of sp³-hybridized carbons (Fsp3) is 0.385. The highest BCUT2D eigenvalue weighted by molar-refractivity contribution is 6.16. The van der Waals surface area contributed by atoms with Crippen molar-refractivity contribution in [1.29, 1.82) is 0 Å². The molecule has 1 heterocycles. The zero-order chi connectivity index (χ0) is 11.9. The maximum Gasteiger partial charge on any atom is 0.141 e. The van der Waals surface area contributed by atoms with Crippen LogP contribution in [0.1, 0.15) is 24.2 Å². The lowest BCUT2D eigenvalue weighted by Crippen LogP contribution is -2.04. The third-order valence-corrected chi connectivity index (χ3v) is 2.98. The first-order chi connectivity index (χ1) is 8.40. The molecule has 0 aliphatic carbocycles. The third-order valence-electron chi connectivity index (χ3n) is 2.74. The summed E-state index contributed by atoms with van der Waals surface area (Å²) in [6, 6.07) is 10.5. The quantitative estimate of drug-likeness (QED) is 0.582. The summed E-state index contributed by atoms with van der Waals surface area (Å²) in [5.41, 5.74) is 1.39. The summed E-state index contributed by atoms with van der Waals surface area (Å²) in [7, 11) is 0. The van der Waals surface area contributed by atoms with Gasteiger partial charge in [0.1, 0.15) is 12.2 Å². The Hall–Kier alpha value is -1.35. The van der Waals surface area contributed by atoms with Crippen molar-refractivity contribution in [3.05, 3.63) is 48.0 Å². The fourth-order valence-electron chi connectivity index (χ4n) is 1.81. The average Bonchev–Trinajstić information content (AvgIpc) is 2.83. The minimum absolute atomic E-state index is 0.429. The van der Waals surface area contributed by atoms with E-state index in [9.17, 15) is 0 Å². The molecule has 3 nitrogen and oxygen atoms in total. The minimum Gasteiger partial charge on any atom is -0.249 e. The van der Waals surface area contributed by atoms with Crippen LogP contribution in [0.15, 0.2) is 36.7 Å². The van der Waals surface area contributed by atoms with Crippen LogP contribution < -0.4 is 0 Å². The van der Waals surface area contributed by atoms with E-state index in [1.165, 1.54) is 5.56 Å². The number of benzene rings is 1. The summed E-state index contributed by atoms with van der Waals surface area (Å²) >= 11 is 5.76. The first-order valence-corrected chi connectivity index (χ1v) is 6.40. The van der Waals surface area contributed by atoms with Crippen LogP contribution in [0.4, 0.5) is 0 Å². The van der Waals surface area contributed by atoms with Gasteiger partial charge in [-0.1, -0.05) is 30.3 Å². The molecule has 0 N–H and O–H groups in total. The summed E-state index contributed by atoms with van der Waals surface area (Å²) in [6.07, 6.45) is 4.94. The zero-order valence-electron chi connectivity index (χ0n) is 9.72. The van der Waals surface area contributed by atoms with Crippen LogP contribution in [0, 0.1) is 0 Å². The highest BCUT2D eigenvalue weighted by atomic mass is 35.5. The molecule has 2 rings (SSSR count). The topological polar surface area (TPSA) is 30.7 Å². The molecule has 0 aliphatic heterocycles. The highest BCUT2D eigenvalue weighted by Gasteiger charge is 2.01. The van der Waals surface area contributed by atoms with Crippen molar-refractivity contribution in [2.75, 3.05) is 0 Å². The van der Waals surface area contributed by atoms with Crippen LogP contribution in [-0.2, 0) is 18.8 Å². The predicted molar refractivity (Wildman–Crippen MR) is 69.0 cm³/mol. The van der Waals surface area contributed by atoms with Gasteiger partial charge >= 0.3 is 0 Å². The molecular formula is C13H16ClN3. The maximum absolute atomic E-state index is 5.76. The summed E-state index contributed by atoms with van der Waals surface area (Å²) in [4.78, 5) is 4.09. The largest absolute Gasteiger partial charge is 0.249 e. The second kappa shape index (κ2) is 6.40. The molecule has 0 bridgehead atoms. The van der Waals surface area contributed by atoms with Crippen LogP contribution in [-0.4, -0.2) is 14.8 Å². The van der Waals surface area contributed by atoms with Crippen molar-refractivity contribution >= 4 is 11.6 Å². The lowest BCUT2D eigenvalue weighted by molar-refractivity contribution is 0.542. The standard InChI is InChI=1S/C13H16ClN3/c14-10-13-15-11-16-17(13)9-5-4-8-12-6-2-1-3-7-12/h1-3,6-7,11H,4-5,8-10H2. The van der Waals surface area contributed by atoms with Crippen LogP contribution in [0.2, 0.25) is 0 Å². The Kier molecular flexibility index (Phi) is 4.56. The highest BCUT2D eigenvalue weighted by Crippen LogP contribution is 2.06. The Bertz CT molecular complexity index is 439. The SMILES string of the molecule is ClCc1ncnn1CCCCc1ccccc1. The Labute approximate surface area is 106 Å². The van der Waals surface area contributed by atoms with Crippen molar-refractivity contribution in [2.24, 2.45) is 0 Å². The Morgan fingerprint density at radius 2 is 1.94 bits per heavy atom. The minimum atomic E-state index is 0.429. The molecule has 0 aliphatic rings. The molecule has 1 aromatic heterocycles. The lowest BCUT2D eigenvalue weighted by Gasteiger charge is -2.04. The van der Waals surface area contributed by atoms with Crippen molar-refractivity contribution in [3.8, 4) is 0 Å². The van der Waals surface area contributed by atoms with E-state index in [1.807, 2.05) is 10.7 Å². The molecule has 90 valence electrons. The summed E-state index contributed by atoms with van der Waals surface area (Å²) in [5.74, 6) is 1.28. The predicted octanol–water partition coefficient (Wildman–Crippen LogP) is 3.04. The fourth-order valence-corrected chi connectivity index (χ4v) is 2.02. The van der Waals surface area contributed by atoms with Crippen LogP contribution in [0.25, 0.3) is 0 Å². The van der Waals surface area contributed by atoms with Gasteiger partial charge in [0.25, 0.3) is 0 Å². The van der Waals surface area contributed by atoms with E-state index >= 15 is 0 Å². The van der Waals surface area contributed by atoms with E-state index in [2.05, 4.69) is 34.3 Å². The van der Waals surface area contributed by atoms with Crippen LogP contribution in [0.3, 0.4) is 0 Å². The number of aromatic nitrogens is 3. The van der Waals surface area contributed by atoms with Gasteiger partial charge in [0.2, 0.25) is 0 Å². The summed E-state index contributed by atoms with van der Waals surface area (Å²) < 4.78 is 1.89. The van der Waals surface area contributed by atoms with Gasteiger partial charge in [-0.05, 0) is 24.8 Å². The molecule has 0 fully saturated rings. The number of nitrogens with zero attached hydrogens (tertiary/aromatic N) is 3. The second-order valence-corrected chi connectivity index (χ2v) is 4.24. The molecule has 0 atom stereocenters. The number of hydrogen-bond donors (Lipinski definition) is 0. The van der Waals surface area contributed by atoms with E-state index in [4.69, 9.17) is 11.6 Å². The third kappa shape index (κ3) is 3.56. The van der Waals surface area contributed by atoms with Crippen molar-refractivity contribution in [2.45, 2.75) is 31.7 Å². The van der Waals surface area contributed by atoms with Gasteiger partial charge in [0, 0.05) is 6.54 Å². The molecule has 0 unspecified atom stereocenters. The van der Waals surface area contributed by atoms with Crippen LogP contribution in [0.5, 0.6) is 0 Å². The summed E-state index contributed by atoms with van der Waals surface area (Å²) in [5, 5.41) is 4.15. The number of rotatable bonds is 6. The van der Waals surface area contributed by atoms with Gasteiger partial charge in [-0.3, -0.25) is 0 Å². The number of alkyl halides is 1. The Balaban J connectivity index is 1.73.